The lowest BCUT2D eigenvalue weighted by Gasteiger charge is -2.49. The second kappa shape index (κ2) is 25.6. The number of likely N-dealkylation sites (N-methyl/N-ethyl adjacent to an activating group) is 2. The molecule has 1 saturated carbocycles. The zero-order valence-corrected chi connectivity index (χ0v) is 46.9. The Morgan fingerprint density at radius 2 is 1.55 bits per heavy atom. The van der Waals surface area contributed by atoms with Gasteiger partial charge in [-0.3, -0.25) is 19.7 Å². The molecule has 0 radical (unpaired) electrons. The maximum Gasteiger partial charge on any atom is 0.311 e. The predicted molar refractivity (Wildman–Crippen MR) is 278 cm³/mol. The number of piperidine rings is 1. The molecule has 20 nitrogen and oxygen atoms in total. The average Bonchev–Trinajstić information content (AvgIpc) is 3.69. The number of cyclic esters (lactones) is 1. The van der Waals surface area contributed by atoms with Crippen molar-refractivity contribution < 1.29 is 68.5 Å². The molecule has 1 aromatic rings. The van der Waals surface area contributed by atoms with Crippen molar-refractivity contribution in [3.05, 3.63) is 34.4 Å². The van der Waals surface area contributed by atoms with Crippen molar-refractivity contribution in [2.75, 3.05) is 58.8 Å². The molecule has 4 saturated heterocycles. The summed E-state index contributed by atoms with van der Waals surface area (Å²) >= 11 is 0. The molecule has 21 atom stereocenters. The number of non-ortho nitro benzene ring substituents is 1. The molecule has 1 unspecified atom stereocenters. The average molecular weight is 1050 g/mol. The highest BCUT2D eigenvalue weighted by atomic mass is 16.7. The number of anilines is 1. The van der Waals surface area contributed by atoms with Gasteiger partial charge in [0.15, 0.2) is 12.6 Å². The number of aliphatic hydroxyl groups is 5. The van der Waals surface area contributed by atoms with Gasteiger partial charge >= 0.3 is 5.97 Å². The minimum atomic E-state index is -1.82. The van der Waals surface area contributed by atoms with E-state index in [2.05, 4.69) is 17.1 Å². The highest BCUT2D eigenvalue weighted by Gasteiger charge is 2.54. The summed E-state index contributed by atoms with van der Waals surface area (Å²) in [5.41, 5.74) is -3.19. The zero-order valence-electron chi connectivity index (χ0n) is 46.9. The SMILES string of the molecule is CC1[C@H]2CN(c3ccc([N+](=O)[O-])cc3)C[C@@H]12.CC[C@H]1OC(=O)[C@H](C)[C@@H](O[C@H]2C[C@@](C)(OC)[C@@H](O)[C@H](C)O2)[C@H](C)[C@@H](O[C@@H]2O[C@H](C)C[C@H](N(C)CCCNC(C)=O)[C@H]2O)[C@](C)(O)C[C@@H](C)CN(C)[C@H](C)[C@@H](O)[C@]1(C)O. The summed E-state index contributed by atoms with van der Waals surface area (Å²) in [4.78, 5) is 42.2. The number of aliphatic hydroxyl groups excluding tert-OH is 3. The van der Waals surface area contributed by atoms with Crippen molar-refractivity contribution >= 4 is 23.3 Å². The van der Waals surface area contributed by atoms with Crippen LogP contribution < -0.4 is 10.2 Å². The van der Waals surface area contributed by atoms with E-state index in [1.807, 2.05) is 56.8 Å². The van der Waals surface area contributed by atoms with Crippen molar-refractivity contribution in [2.24, 2.45) is 35.5 Å². The molecule has 4 aliphatic heterocycles. The Balaban J connectivity index is 0.000000528. The third kappa shape index (κ3) is 14.7. The number of ether oxygens (including phenoxy) is 6. The van der Waals surface area contributed by atoms with E-state index in [1.54, 1.807) is 53.7 Å². The molecule has 6 N–H and O–H groups in total. The van der Waals surface area contributed by atoms with Gasteiger partial charge in [-0.2, -0.15) is 0 Å². The molecule has 424 valence electrons. The third-order valence-corrected chi connectivity index (χ3v) is 17.2. The van der Waals surface area contributed by atoms with E-state index in [9.17, 15) is 45.2 Å². The Labute approximate surface area is 439 Å². The number of methoxy groups -OCH3 is 1. The lowest BCUT2D eigenvalue weighted by Crippen LogP contribution is -2.61. The quantitative estimate of drug-likeness (QED) is 0.0704. The lowest BCUT2D eigenvalue weighted by atomic mass is 9.77. The molecular formula is C54H93N5O15. The Kier molecular flexibility index (Phi) is 21.3. The number of nitrogens with one attached hydrogen (secondary N) is 1. The number of benzene rings is 1. The van der Waals surface area contributed by atoms with Gasteiger partial charge in [0.2, 0.25) is 5.91 Å². The molecule has 5 fully saturated rings. The smallest absolute Gasteiger partial charge is 0.311 e. The molecule has 0 bridgehead atoms. The Hall–Kier alpha value is -3.12. The van der Waals surface area contributed by atoms with Crippen LogP contribution in [0.3, 0.4) is 0 Å². The Morgan fingerprint density at radius 1 is 0.932 bits per heavy atom. The molecule has 0 aromatic heterocycles. The van der Waals surface area contributed by atoms with Crippen molar-refractivity contribution in [1.82, 2.24) is 15.1 Å². The Morgan fingerprint density at radius 3 is 2.12 bits per heavy atom. The second-order valence-electron chi connectivity index (χ2n) is 23.4. The minimum Gasteiger partial charge on any atom is -0.459 e. The number of amides is 1. The Bertz CT molecular complexity index is 1970. The number of rotatable bonds is 13. The van der Waals surface area contributed by atoms with Crippen LogP contribution in [0, 0.1) is 45.6 Å². The number of esters is 1. The maximum atomic E-state index is 14.3. The van der Waals surface area contributed by atoms with Crippen molar-refractivity contribution in [3.8, 4) is 0 Å². The number of fused-ring (bicyclic) bond motifs is 1. The highest BCUT2D eigenvalue weighted by molar-refractivity contribution is 5.73. The third-order valence-electron chi connectivity index (χ3n) is 17.2. The van der Waals surface area contributed by atoms with Crippen LogP contribution in [0.15, 0.2) is 24.3 Å². The van der Waals surface area contributed by atoms with Crippen LogP contribution in [0.25, 0.3) is 0 Å². The molecule has 1 aliphatic carbocycles. The summed E-state index contributed by atoms with van der Waals surface area (Å²) in [5, 5.41) is 72.2. The van der Waals surface area contributed by atoms with Crippen LogP contribution in [0.5, 0.6) is 0 Å². The van der Waals surface area contributed by atoms with Gasteiger partial charge < -0.3 is 74.0 Å². The van der Waals surface area contributed by atoms with Gasteiger partial charge in [-0.15, -0.1) is 0 Å². The van der Waals surface area contributed by atoms with Gasteiger partial charge in [-0.25, -0.2) is 0 Å². The standard InChI is InChI=1S/C42H79N3O13.C12H14N2O2/c1-15-31-42(11,52)35(48)27(6)45(13)22-23(2)20-40(9,51)37(58-39-33(47)30(19-24(3)54-39)44(12)18-16-17-43-29(8)46)25(4)34(26(5)38(50)56-31)57-32-21-41(10,53-14)36(49)28(7)55-32;1-8-11-6-13(7-12(8)11)9-2-4-10(5-3-9)14(15)16/h23-28,30-37,39,47-49,51-52H,15-22H2,1-14H3,(H,43,46);2-5,8,11-12H,6-7H2,1H3/t23-,24-,25+,26-,27-,28+,30+,31-,32+,33-,34+,35-,36+,37-,39+,40-,41-,42-;8?,11-,12+/m1./s1. The lowest BCUT2D eigenvalue weighted by molar-refractivity contribution is -0.384. The number of nitro benzene ring substituents is 1. The summed E-state index contributed by atoms with van der Waals surface area (Å²) < 4.78 is 37.9. The second-order valence-corrected chi connectivity index (χ2v) is 23.4. The van der Waals surface area contributed by atoms with Crippen LogP contribution >= 0.6 is 0 Å². The molecule has 1 aromatic carbocycles. The molecule has 6 rings (SSSR count). The first-order chi connectivity index (χ1) is 34.5. The summed E-state index contributed by atoms with van der Waals surface area (Å²) in [6.07, 6.45) is -8.11. The topological polar surface area (TPSA) is 256 Å². The normalized spacial score (nSPS) is 42.5. The van der Waals surface area contributed by atoms with E-state index in [1.165, 1.54) is 21.0 Å². The van der Waals surface area contributed by atoms with E-state index in [0.717, 1.165) is 36.5 Å². The zero-order chi connectivity index (χ0) is 55.4. The number of nitrogens with zero attached hydrogens (tertiary/aromatic N) is 4. The fraction of sp³-hybridized carbons (Fsp3) is 0.852. The summed E-state index contributed by atoms with van der Waals surface area (Å²) in [6, 6.07) is 5.95. The van der Waals surface area contributed by atoms with Gasteiger partial charge in [0.1, 0.15) is 30.0 Å². The molecular weight excluding hydrogens is 959 g/mol. The van der Waals surface area contributed by atoms with Crippen LogP contribution in [0.1, 0.15) is 115 Å². The summed E-state index contributed by atoms with van der Waals surface area (Å²) in [7, 11) is 5.24. The minimum absolute atomic E-state index is 0.111. The number of carbonyl (C=O) groups excluding carboxylic acids is 2. The number of carbonyl (C=O) groups is 2. The van der Waals surface area contributed by atoms with Gasteiger partial charge in [-0.1, -0.05) is 27.7 Å². The molecule has 1 amide bonds. The highest BCUT2D eigenvalue weighted by Crippen LogP contribution is 2.52. The van der Waals surface area contributed by atoms with E-state index in [0.29, 0.717) is 32.5 Å². The van der Waals surface area contributed by atoms with Crippen LogP contribution in [-0.2, 0) is 38.0 Å². The predicted octanol–water partition coefficient (Wildman–Crippen LogP) is 4.09. The maximum absolute atomic E-state index is 14.3. The van der Waals surface area contributed by atoms with Crippen LogP contribution in [-0.4, -0.2) is 196 Å². The van der Waals surface area contributed by atoms with Crippen molar-refractivity contribution in [2.45, 2.75) is 205 Å². The number of nitro groups is 1. The van der Waals surface area contributed by atoms with Crippen molar-refractivity contribution in [3.63, 3.8) is 0 Å². The number of hydrogen-bond donors (Lipinski definition) is 6. The molecule has 0 spiro atoms. The van der Waals surface area contributed by atoms with Gasteiger partial charge in [-0.05, 0) is 131 Å². The van der Waals surface area contributed by atoms with Gasteiger partial charge in [0, 0.05) is 82.5 Å². The molecule has 4 heterocycles. The largest absolute Gasteiger partial charge is 0.459 e. The first-order valence-corrected chi connectivity index (χ1v) is 27.0. The fourth-order valence-electron chi connectivity index (χ4n) is 12.2. The van der Waals surface area contributed by atoms with E-state index in [-0.39, 0.29) is 53.8 Å². The van der Waals surface area contributed by atoms with Crippen LogP contribution in [0.4, 0.5) is 11.4 Å². The van der Waals surface area contributed by atoms with E-state index in [4.69, 9.17) is 28.4 Å². The monoisotopic (exact) mass is 1050 g/mol. The molecule has 20 heteroatoms. The van der Waals surface area contributed by atoms with E-state index >= 15 is 0 Å². The van der Waals surface area contributed by atoms with Gasteiger partial charge in [0.25, 0.3) is 5.69 Å². The first-order valence-electron chi connectivity index (χ1n) is 27.0. The summed E-state index contributed by atoms with van der Waals surface area (Å²) in [6.45, 7) is 25.0. The fourth-order valence-corrected chi connectivity index (χ4v) is 12.2. The van der Waals surface area contributed by atoms with Crippen molar-refractivity contribution in [1.29, 1.82) is 0 Å². The van der Waals surface area contributed by atoms with E-state index < -0.39 is 96.0 Å². The first kappa shape index (κ1) is 61.7. The number of hydrogen-bond acceptors (Lipinski definition) is 18. The molecule has 5 aliphatic rings. The van der Waals surface area contributed by atoms with Crippen LogP contribution in [0.2, 0.25) is 0 Å². The van der Waals surface area contributed by atoms with Gasteiger partial charge in [0.05, 0.1) is 46.5 Å². The molecule has 74 heavy (non-hydrogen) atoms. The summed E-state index contributed by atoms with van der Waals surface area (Å²) in [5.74, 6) is -0.232.